The molecular weight excluding hydrogens is 226 g/mol. The summed E-state index contributed by atoms with van der Waals surface area (Å²) in [6.45, 7) is 5.67. The first-order valence-electron chi connectivity index (χ1n) is 6.65. The highest BCUT2D eigenvalue weighted by Gasteiger charge is 2.36. The fourth-order valence-corrected chi connectivity index (χ4v) is 3.05. The molecular formula is C15H23NS. The molecule has 0 atom stereocenters. The molecule has 17 heavy (non-hydrogen) atoms. The van der Waals surface area contributed by atoms with Gasteiger partial charge in [-0.15, -0.1) is 0 Å². The Morgan fingerprint density at radius 3 is 2.41 bits per heavy atom. The number of hydrogen-bond donors (Lipinski definition) is 1. The Kier molecular flexibility index (Phi) is 4.52. The predicted molar refractivity (Wildman–Crippen MR) is 77.5 cm³/mol. The van der Waals surface area contributed by atoms with Gasteiger partial charge in [-0.2, -0.15) is 12.6 Å². The molecule has 1 saturated carbocycles. The number of hydrogen-bond acceptors (Lipinski definition) is 2. The van der Waals surface area contributed by atoms with Gasteiger partial charge < -0.3 is 0 Å². The molecule has 1 aromatic carbocycles. The second kappa shape index (κ2) is 5.92. The quantitative estimate of drug-likeness (QED) is 0.754. The molecule has 0 amide bonds. The second-order valence-corrected chi connectivity index (χ2v) is 5.62. The molecule has 1 fully saturated rings. The molecule has 0 bridgehead atoms. The first-order chi connectivity index (χ1) is 8.28. The maximum Gasteiger partial charge on any atom is 0.0233 e. The molecule has 0 heterocycles. The minimum atomic E-state index is 0.508. The normalized spacial score (nSPS) is 18.1. The lowest BCUT2D eigenvalue weighted by atomic mass is 9.70. The monoisotopic (exact) mass is 249 g/mol. The SMILES string of the molecule is CCN(Cc1ccccc1)CC1(CS)CCC1. The van der Waals surface area contributed by atoms with Gasteiger partial charge in [0, 0.05) is 13.1 Å². The highest BCUT2D eigenvalue weighted by Crippen LogP contribution is 2.42. The summed E-state index contributed by atoms with van der Waals surface area (Å²) in [5.41, 5.74) is 1.93. The van der Waals surface area contributed by atoms with Crippen LogP contribution in [-0.4, -0.2) is 23.7 Å². The summed E-state index contributed by atoms with van der Waals surface area (Å²) in [5.74, 6) is 1.04. The molecule has 0 spiro atoms. The van der Waals surface area contributed by atoms with E-state index in [4.69, 9.17) is 0 Å². The smallest absolute Gasteiger partial charge is 0.0233 e. The lowest BCUT2D eigenvalue weighted by Crippen LogP contribution is -2.43. The molecule has 0 aliphatic heterocycles. The lowest BCUT2D eigenvalue weighted by molar-refractivity contribution is 0.0893. The lowest BCUT2D eigenvalue weighted by Gasteiger charge is -2.44. The van der Waals surface area contributed by atoms with Crippen molar-refractivity contribution in [2.45, 2.75) is 32.7 Å². The van der Waals surface area contributed by atoms with Crippen LogP contribution in [0.25, 0.3) is 0 Å². The van der Waals surface area contributed by atoms with Crippen molar-refractivity contribution in [2.24, 2.45) is 5.41 Å². The van der Waals surface area contributed by atoms with E-state index in [0.717, 1.165) is 18.8 Å². The first kappa shape index (κ1) is 13.0. The van der Waals surface area contributed by atoms with E-state index in [2.05, 4.69) is 54.8 Å². The van der Waals surface area contributed by atoms with Crippen LogP contribution in [0, 0.1) is 5.41 Å². The van der Waals surface area contributed by atoms with E-state index >= 15 is 0 Å². The molecule has 0 N–H and O–H groups in total. The molecule has 0 aromatic heterocycles. The zero-order valence-electron chi connectivity index (χ0n) is 10.7. The zero-order chi connectivity index (χ0) is 12.1. The number of benzene rings is 1. The molecule has 94 valence electrons. The Bertz CT molecular complexity index is 327. The third-order valence-electron chi connectivity index (χ3n) is 4.00. The summed E-state index contributed by atoms with van der Waals surface area (Å²) in [5, 5.41) is 0. The molecule has 1 aromatic rings. The highest BCUT2D eigenvalue weighted by molar-refractivity contribution is 7.80. The highest BCUT2D eigenvalue weighted by atomic mass is 32.1. The van der Waals surface area contributed by atoms with Crippen LogP contribution in [0.1, 0.15) is 31.7 Å². The summed E-state index contributed by atoms with van der Waals surface area (Å²) in [4.78, 5) is 2.56. The van der Waals surface area contributed by atoms with Crippen molar-refractivity contribution in [3.05, 3.63) is 35.9 Å². The van der Waals surface area contributed by atoms with Crippen LogP contribution in [0.5, 0.6) is 0 Å². The van der Waals surface area contributed by atoms with Crippen molar-refractivity contribution in [3.8, 4) is 0 Å². The minimum absolute atomic E-state index is 0.508. The molecule has 0 saturated heterocycles. The molecule has 2 rings (SSSR count). The predicted octanol–water partition coefficient (Wildman–Crippen LogP) is 3.61. The zero-order valence-corrected chi connectivity index (χ0v) is 11.6. The molecule has 1 nitrogen and oxygen atoms in total. The minimum Gasteiger partial charge on any atom is -0.299 e. The van der Waals surface area contributed by atoms with E-state index in [9.17, 15) is 0 Å². The molecule has 0 radical (unpaired) electrons. The van der Waals surface area contributed by atoms with Crippen molar-refractivity contribution in [2.75, 3.05) is 18.8 Å². The van der Waals surface area contributed by atoms with Crippen LogP contribution in [0.3, 0.4) is 0 Å². The van der Waals surface area contributed by atoms with Crippen molar-refractivity contribution >= 4 is 12.6 Å². The maximum atomic E-state index is 4.55. The van der Waals surface area contributed by atoms with Crippen LogP contribution in [0.4, 0.5) is 0 Å². The van der Waals surface area contributed by atoms with E-state index in [1.165, 1.54) is 31.4 Å². The van der Waals surface area contributed by atoms with Crippen LogP contribution in [0.2, 0.25) is 0 Å². The van der Waals surface area contributed by atoms with Crippen molar-refractivity contribution < 1.29 is 0 Å². The van der Waals surface area contributed by atoms with Gasteiger partial charge in [0.1, 0.15) is 0 Å². The van der Waals surface area contributed by atoms with Gasteiger partial charge in [0.05, 0.1) is 0 Å². The largest absolute Gasteiger partial charge is 0.299 e. The van der Waals surface area contributed by atoms with Crippen LogP contribution < -0.4 is 0 Å². The van der Waals surface area contributed by atoms with E-state index in [-0.39, 0.29) is 0 Å². The summed E-state index contributed by atoms with van der Waals surface area (Å²) in [6, 6.07) is 10.8. The summed E-state index contributed by atoms with van der Waals surface area (Å²) < 4.78 is 0. The summed E-state index contributed by atoms with van der Waals surface area (Å²) in [6.07, 6.45) is 4.12. The van der Waals surface area contributed by atoms with Gasteiger partial charge in [-0.25, -0.2) is 0 Å². The van der Waals surface area contributed by atoms with Gasteiger partial charge in [-0.1, -0.05) is 43.7 Å². The van der Waals surface area contributed by atoms with Gasteiger partial charge in [-0.3, -0.25) is 4.90 Å². The Morgan fingerprint density at radius 2 is 1.94 bits per heavy atom. The van der Waals surface area contributed by atoms with Crippen molar-refractivity contribution in [3.63, 3.8) is 0 Å². The fraction of sp³-hybridized carbons (Fsp3) is 0.600. The Balaban J connectivity index is 1.93. The molecule has 2 heteroatoms. The van der Waals surface area contributed by atoms with Crippen LogP contribution in [0.15, 0.2) is 30.3 Å². The standard InChI is InChI=1S/C15H23NS/c1-2-16(11-14-7-4-3-5-8-14)12-15(13-17)9-6-10-15/h3-5,7-8,17H,2,6,9-13H2,1H3. The Morgan fingerprint density at radius 1 is 1.24 bits per heavy atom. The van der Waals surface area contributed by atoms with Gasteiger partial charge in [0.2, 0.25) is 0 Å². The van der Waals surface area contributed by atoms with E-state index in [0.29, 0.717) is 5.41 Å². The van der Waals surface area contributed by atoms with Gasteiger partial charge >= 0.3 is 0 Å². The third-order valence-corrected chi connectivity index (χ3v) is 4.68. The number of rotatable bonds is 6. The number of nitrogens with zero attached hydrogens (tertiary/aromatic N) is 1. The Hall–Kier alpha value is -0.470. The average Bonchev–Trinajstić information content (AvgIpc) is 2.33. The van der Waals surface area contributed by atoms with Crippen LogP contribution >= 0.6 is 12.6 Å². The number of thiol groups is 1. The molecule has 1 aliphatic carbocycles. The van der Waals surface area contributed by atoms with Crippen molar-refractivity contribution in [1.29, 1.82) is 0 Å². The molecule has 0 unspecified atom stereocenters. The second-order valence-electron chi connectivity index (χ2n) is 5.30. The van der Waals surface area contributed by atoms with Gasteiger partial charge in [-0.05, 0) is 36.1 Å². The first-order valence-corrected chi connectivity index (χ1v) is 7.28. The fourth-order valence-electron chi connectivity index (χ4n) is 2.64. The van der Waals surface area contributed by atoms with Gasteiger partial charge in [0.25, 0.3) is 0 Å². The molecule has 1 aliphatic rings. The summed E-state index contributed by atoms with van der Waals surface area (Å²) in [7, 11) is 0. The van der Waals surface area contributed by atoms with E-state index in [1.54, 1.807) is 0 Å². The average molecular weight is 249 g/mol. The third kappa shape index (κ3) is 3.26. The van der Waals surface area contributed by atoms with Crippen molar-refractivity contribution in [1.82, 2.24) is 4.90 Å². The topological polar surface area (TPSA) is 3.24 Å². The Labute approximate surface area is 111 Å². The van der Waals surface area contributed by atoms with E-state index < -0.39 is 0 Å². The van der Waals surface area contributed by atoms with E-state index in [1.807, 2.05) is 0 Å². The van der Waals surface area contributed by atoms with Crippen LogP contribution in [-0.2, 0) is 6.54 Å². The maximum absolute atomic E-state index is 4.55. The summed E-state index contributed by atoms with van der Waals surface area (Å²) >= 11 is 4.55. The van der Waals surface area contributed by atoms with Gasteiger partial charge in [0.15, 0.2) is 0 Å².